The lowest BCUT2D eigenvalue weighted by molar-refractivity contribution is 0.0722. The summed E-state index contributed by atoms with van der Waals surface area (Å²) in [6, 6.07) is 5.51. The molecule has 0 amide bonds. The minimum Gasteiger partial charge on any atom is -0.496 e. The van der Waals surface area contributed by atoms with E-state index in [2.05, 4.69) is 0 Å². The third-order valence-electron chi connectivity index (χ3n) is 2.41. The van der Waals surface area contributed by atoms with E-state index < -0.39 is 5.60 Å². The molecule has 0 aliphatic heterocycles. The van der Waals surface area contributed by atoms with Crippen molar-refractivity contribution < 1.29 is 9.84 Å². The van der Waals surface area contributed by atoms with Crippen molar-refractivity contribution in [2.24, 2.45) is 0 Å². The summed E-state index contributed by atoms with van der Waals surface area (Å²) in [5.41, 5.74) is 0.332. The standard InChI is InChI=1S/C14H19ClO2/c1-14(2,16)9-5-4-6-11-10-12(15)7-8-13(11)17-3/h4,6-8,10,16H,5,9H2,1-3H3/b6-4+. The second kappa shape index (κ2) is 6.08. The number of methoxy groups -OCH3 is 1. The molecule has 0 heterocycles. The summed E-state index contributed by atoms with van der Waals surface area (Å²) in [4.78, 5) is 0. The van der Waals surface area contributed by atoms with Crippen LogP contribution in [0.25, 0.3) is 6.08 Å². The first-order valence-corrected chi connectivity index (χ1v) is 6.02. The van der Waals surface area contributed by atoms with Gasteiger partial charge in [0.05, 0.1) is 12.7 Å². The van der Waals surface area contributed by atoms with Gasteiger partial charge in [-0.05, 0) is 44.9 Å². The highest BCUT2D eigenvalue weighted by Gasteiger charge is 2.09. The van der Waals surface area contributed by atoms with Gasteiger partial charge in [-0.2, -0.15) is 0 Å². The van der Waals surface area contributed by atoms with Crippen molar-refractivity contribution >= 4 is 17.7 Å². The molecule has 1 aromatic carbocycles. The zero-order valence-electron chi connectivity index (χ0n) is 10.5. The molecule has 0 saturated carbocycles. The van der Waals surface area contributed by atoms with Crippen LogP contribution in [0.15, 0.2) is 24.3 Å². The van der Waals surface area contributed by atoms with Crippen LogP contribution in [0.3, 0.4) is 0 Å². The molecule has 94 valence electrons. The third kappa shape index (κ3) is 5.24. The number of hydrogen-bond donors (Lipinski definition) is 1. The van der Waals surface area contributed by atoms with E-state index in [9.17, 15) is 5.11 Å². The van der Waals surface area contributed by atoms with Crippen LogP contribution in [-0.4, -0.2) is 17.8 Å². The summed E-state index contributed by atoms with van der Waals surface area (Å²) in [6.45, 7) is 3.61. The zero-order chi connectivity index (χ0) is 12.9. The van der Waals surface area contributed by atoms with Gasteiger partial charge >= 0.3 is 0 Å². The first-order chi connectivity index (χ1) is 7.92. The Morgan fingerprint density at radius 1 is 1.41 bits per heavy atom. The zero-order valence-corrected chi connectivity index (χ0v) is 11.3. The lowest BCUT2D eigenvalue weighted by atomic mass is 10.0. The molecule has 0 aliphatic rings. The van der Waals surface area contributed by atoms with Gasteiger partial charge in [-0.15, -0.1) is 0 Å². The molecule has 2 nitrogen and oxygen atoms in total. The number of rotatable bonds is 5. The predicted octanol–water partition coefficient (Wildman–Crippen LogP) is 3.91. The number of aliphatic hydroxyl groups is 1. The summed E-state index contributed by atoms with van der Waals surface area (Å²) in [5, 5.41) is 10.3. The Kier molecular flexibility index (Phi) is 5.03. The topological polar surface area (TPSA) is 29.5 Å². The largest absolute Gasteiger partial charge is 0.496 e. The van der Waals surface area contributed by atoms with Gasteiger partial charge in [0.2, 0.25) is 0 Å². The highest BCUT2D eigenvalue weighted by atomic mass is 35.5. The second-order valence-electron chi connectivity index (χ2n) is 4.64. The Labute approximate surface area is 108 Å². The molecule has 0 radical (unpaired) electrons. The predicted molar refractivity (Wildman–Crippen MR) is 72.6 cm³/mol. The quantitative estimate of drug-likeness (QED) is 0.863. The molecule has 0 spiro atoms. The fraction of sp³-hybridized carbons (Fsp3) is 0.429. The summed E-state index contributed by atoms with van der Waals surface area (Å²) in [5.74, 6) is 0.800. The number of allylic oxidation sites excluding steroid dienone is 1. The van der Waals surface area contributed by atoms with Crippen LogP contribution in [0.2, 0.25) is 5.02 Å². The summed E-state index contributed by atoms with van der Waals surface area (Å²) < 4.78 is 5.24. The SMILES string of the molecule is COc1ccc(Cl)cc1/C=C/CCC(C)(C)O. The fourth-order valence-electron chi connectivity index (χ4n) is 1.48. The Morgan fingerprint density at radius 2 is 2.12 bits per heavy atom. The number of ether oxygens (including phenoxy) is 1. The van der Waals surface area contributed by atoms with E-state index in [1.807, 2.05) is 24.3 Å². The van der Waals surface area contributed by atoms with Crippen LogP contribution < -0.4 is 4.74 Å². The Morgan fingerprint density at radius 3 is 2.71 bits per heavy atom. The average molecular weight is 255 g/mol. The van der Waals surface area contributed by atoms with Crippen LogP contribution in [0, 0.1) is 0 Å². The van der Waals surface area contributed by atoms with Crippen molar-refractivity contribution in [1.82, 2.24) is 0 Å². The number of halogens is 1. The monoisotopic (exact) mass is 254 g/mol. The fourth-order valence-corrected chi connectivity index (χ4v) is 1.66. The molecule has 0 bridgehead atoms. The first kappa shape index (κ1) is 14.1. The summed E-state index contributed by atoms with van der Waals surface area (Å²) in [6.07, 6.45) is 5.54. The minimum atomic E-state index is -0.622. The van der Waals surface area contributed by atoms with E-state index in [4.69, 9.17) is 16.3 Å². The Balaban J connectivity index is 2.67. The van der Waals surface area contributed by atoms with Gasteiger partial charge in [0, 0.05) is 10.6 Å². The average Bonchev–Trinajstić information content (AvgIpc) is 2.23. The van der Waals surface area contributed by atoms with Crippen molar-refractivity contribution in [2.45, 2.75) is 32.3 Å². The molecule has 0 saturated heterocycles. The Bertz CT molecular complexity index is 392. The van der Waals surface area contributed by atoms with Crippen LogP contribution >= 0.6 is 11.6 Å². The van der Waals surface area contributed by atoms with E-state index in [1.165, 1.54) is 0 Å². The van der Waals surface area contributed by atoms with Gasteiger partial charge in [-0.3, -0.25) is 0 Å². The molecular weight excluding hydrogens is 236 g/mol. The molecule has 0 aliphatic carbocycles. The molecule has 1 aromatic rings. The van der Waals surface area contributed by atoms with Crippen molar-refractivity contribution in [3.63, 3.8) is 0 Å². The highest BCUT2D eigenvalue weighted by molar-refractivity contribution is 6.30. The van der Waals surface area contributed by atoms with E-state index in [1.54, 1.807) is 27.0 Å². The lowest BCUT2D eigenvalue weighted by Gasteiger charge is -2.14. The van der Waals surface area contributed by atoms with Gasteiger partial charge in [0.25, 0.3) is 0 Å². The van der Waals surface area contributed by atoms with E-state index in [-0.39, 0.29) is 0 Å². The number of benzene rings is 1. The maximum atomic E-state index is 9.58. The maximum absolute atomic E-state index is 9.58. The molecule has 1 rings (SSSR count). The van der Waals surface area contributed by atoms with E-state index in [0.29, 0.717) is 5.02 Å². The van der Waals surface area contributed by atoms with Crippen molar-refractivity contribution in [2.75, 3.05) is 7.11 Å². The lowest BCUT2D eigenvalue weighted by Crippen LogP contribution is -2.17. The molecule has 0 unspecified atom stereocenters. The van der Waals surface area contributed by atoms with Crippen molar-refractivity contribution in [3.05, 3.63) is 34.9 Å². The van der Waals surface area contributed by atoms with Crippen LogP contribution in [-0.2, 0) is 0 Å². The third-order valence-corrected chi connectivity index (χ3v) is 2.65. The summed E-state index contributed by atoms with van der Waals surface area (Å²) >= 11 is 5.93. The minimum absolute atomic E-state index is 0.622. The van der Waals surface area contributed by atoms with Crippen LogP contribution in [0.4, 0.5) is 0 Å². The van der Waals surface area contributed by atoms with Gasteiger partial charge in [0.15, 0.2) is 0 Å². The van der Waals surface area contributed by atoms with Gasteiger partial charge in [-0.1, -0.05) is 23.8 Å². The Hall–Kier alpha value is -0.990. The second-order valence-corrected chi connectivity index (χ2v) is 5.08. The molecule has 17 heavy (non-hydrogen) atoms. The first-order valence-electron chi connectivity index (χ1n) is 5.65. The van der Waals surface area contributed by atoms with Crippen LogP contribution in [0.1, 0.15) is 32.3 Å². The molecular formula is C14H19ClO2. The van der Waals surface area contributed by atoms with Gasteiger partial charge in [-0.25, -0.2) is 0 Å². The van der Waals surface area contributed by atoms with Gasteiger partial charge < -0.3 is 9.84 Å². The molecule has 3 heteroatoms. The van der Waals surface area contributed by atoms with E-state index in [0.717, 1.165) is 24.2 Å². The van der Waals surface area contributed by atoms with Crippen molar-refractivity contribution in [3.8, 4) is 5.75 Å². The highest BCUT2D eigenvalue weighted by Crippen LogP contribution is 2.24. The summed E-state index contributed by atoms with van der Waals surface area (Å²) in [7, 11) is 1.64. The molecule has 0 aromatic heterocycles. The molecule has 1 N–H and O–H groups in total. The molecule has 0 fully saturated rings. The van der Waals surface area contributed by atoms with Crippen LogP contribution in [0.5, 0.6) is 5.75 Å². The van der Waals surface area contributed by atoms with E-state index >= 15 is 0 Å². The maximum Gasteiger partial charge on any atom is 0.126 e. The normalized spacial score (nSPS) is 12.1. The van der Waals surface area contributed by atoms with Crippen molar-refractivity contribution in [1.29, 1.82) is 0 Å². The van der Waals surface area contributed by atoms with Gasteiger partial charge in [0.1, 0.15) is 5.75 Å². The smallest absolute Gasteiger partial charge is 0.126 e. The number of hydrogen-bond acceptors (Lipinski definition) is 2. The molecule has 0 atom stereocenters.